The number of aryl methyl sites for hydroxylation is 1. The van der Waals surface area contributed by atoms with Crippen LogP contribution in [0.1, 0.15) is 50.3 Å². The van der Waals surface area contributed by atoms with Gasteiger partial charge in [-0.05, 0) is 80.6 Å². The second-order valence-electron chi connectivity index (χ2n) is 8.06. The first-order chi connectivity index (χ1) is 15.0. The Kier molecular flexibility index (Phi) is 6.41. The van der Waals surface area contributed by atoms with Gasteiger partial charge in [0, 0.05) is 23.8 Å². The predicted octanol–water partition coefficient (Wildman–Crippen LogP) is 5.37. The Hall–Kier alpha value is -2.67. The van der Waals surface area contributed by atoms with Gasteiger partial charge in [0.05, 0.1) is 11.0 Å². The highest BCUT2D eigenvalue weighted by Crippen LogP contribution is 2.32. The molecule has 2 aromatic rings. The molecule has 0 bridgehead atoms. The smallest absolute Gasteiger partial charge is 0.299 e. The molecule has 1 atom stereocenters. The quantitative estimate of drug-likeness (QED) is 0.516. The van der Waals surface area contributed by atoms with E-state index in [9.17, 15) is 9.18 Å². The zero-order valence-electron chi connectivity index (χ0n) is 18.1. The summed E-state index contributed by atoms with van der Waals surface area (Å²) < 4.78 is 13.5. The zero-order chi connectivity index (χ0) is 22.0. The van der Waals surface area contributed by atoms with E-state index < -0.39 is 0 Å². The lowest BCUT2D eigenvalue weighted by atomic mass is 9.95. The third-order valence-electron chi connectivity index (χ3n) is 5.43. The molecule has 4 rings (SSSR count). The summed E-state index contributed by atoms with van der Waals surface area (Å²) in [5, 5.41) is 4.31. The molecular formula is C24H27FN4OS. The van der Waals surface area contributed by atoms with Crippen LogP contribution < -0.4 is 10.3 Å². The molecule has 5 nitrogen and oxygen atoms in total. The van der Waals surface area contributed by atoms with Crippen LogP contribution in [0.3, 0.4) is 0 Å². The Bertz CT molecular complexity index is 1030. The largest absolute Gasteiger partial charge is 0.326 e. The minimum atomic E-state index is -0.250. The number of nitrogens with zero attached hydrogens (tertiary/aromatic N) is 3. The van der Waals surface area contributed by atoms with Crippen molar-refractivity contribution < 1.29 is 9.18 Å². The third kappa shape index (κ3) is 4.66. The molecule has 1 N–H and O–H groups in total. The van der Waals surface area contributed by atoms with E-state index in [1.54, 1.807) is 12.1 Å². The molecule has 0 aromatic heterocycles. The molecule has 31 heavy (non-hydrogen) atoms. The van der Waals surface area contributed by atoms with E-state index in [2.05, 4.69) is 54.4 Å². The van der Waals surface area contributed by atoms with Crippen molar-refractivity contribution in [2.75, 3.05) is 11.4 Å². The lowest BCUT2D eigenvalue weighted by Crippen LogP contribution is -2.37. The van der Waals surface area contributed by atoms with Crippen LogP contribution in [0.25, 0.3) is 0 Å². The van der Waals surface area contributed by atoms with E-state index in [4.69, 9.17) is 4.99 Å². The van der Waals surface area contributed by atoms with E-state index in [0.717, 1.165) is 54.2 Å². The zero-order valence-corrected chi connectivity index (χ0v) is 18.9. The highest BCUT2D eigenvalue weighted by Gasteiger charge is 2.27. The minimum absolute atomic E-state index is 0.0590. The topological polar surface area (TPSA) is 57.1 Å². The first kappa shape index (κ1) is 21.6. The summed E-state index contributed by atoms with van der Waals surface area (Å²) in [5.41, 5.74) is 7.84. The second kappa shape index (κ2) is 9.22. The van der Waals surface area contributed by atoms with Crippen LogP contribution in [0.4, 0.5) is 14.9 Å². The third-order valence-corrected chi connectivity index (χ3v) is 6.57. The van der Waals surface area contributed by atoms with Crippen molar-refractivity contribution in [3.8, 4) is 0 Å². The average molecular weight is 439 g/mol. The number of amides is 1. The lowest BCUT2D eigenvalue weighted by molar-refractivity contribution is 0.260. The number of carbonyl (C=O) groups is 1. The summed E-state index contributed by atoms with van der Waals surface area (Å²) in [6.07, 6.45) is 2.82. The number of fused-ring (bicyclic) bond motifs is 1. The Balaban J connectivity index is 1.72. The Morgan fingerprint density at radius 3 is 2.77 bits per heavy atom. The van der Waals surface area contributed by atoms with Gasteiger partial charge in [-0.15, -0.1) is 0 Å². The van der Waals surface area contributed by atoms with Gasteiger partial charge >= 0.3 is 0 Å². The summed E-state index contributed by atoms with van der Waals surface area (Å²) in [4.78, 5) is 18.8. The molecule has 2 heterocycles. The van der Waals surface area contributed by atoms with Crippen molar-refractivity contribution in [2.45, 2.75) is 51.3 Å². The van der Waals surface area contributed by atoms with Gasteiger partial charge < -0.3 is 4.90 Å². The number of thioether (sulfide) groups is 1. The molecule has 162 valence electrons. The number of rotatable bonds is 4. The van der Waals surface area contributed by atoms with E-state index in [1.807, 2.05) is 0 Å². The van der Waals surface area contributed by atoms with Crippen LogP contribution >= 0.6 is 11.8 Å². The van der Waals surface area contributed by atoms with Crippen LogP contribution in [-0.4, -0.2) is 34.6 Å². The van der Waals surface area contributed by atoms with Crippen molar-refractivity contribution in [2.24, 2.45) is 10.1 Å². The monoisotopic (exact) mass is 438 g/mol. The van der Waals surface area contributed by atoms with Gasteiger partial charge in [-0.1, -0.05) is 24.8 Å². The van der Waals surface area contributed by atoms with Crippen LogP contribution in [0.15, 0.2) is 52.6 Å². The molecule has 2 aliphatic rings. The van der Waals surface area contributed by atoms with Gasteiger partial charge in [0.25, 0.3) is 5.24 Å². The summed E-state index contributed by atoms with van der Waals surface area (Å²) in [6.45, 7) is 7.04. The van der Waals surface area contributed by atoms with Gasteiger partial charge in [-0.25, -0.2) is 9.82 Å². The molecule has 0 aliphatic carbocycles. The number of hydrogen-bond donors (Lipinski definition) is 1. The molecular weight excluding hydrogens is 411 g/mol. The fourth-order valence-electron chi connectivity index (χ4n) is 4.04. The summed E-state index contributed by atoms with van der Waals surface area (Å²) in [7, 11) is 0. The second-order valence-corrected chi connectivity index (χ2v) is 9.24. The molecule has 2 aliphatic heterocycles. The number of hydrazone groups is 1. The van der Waals surface area contributed by atoms with Crippen LogP contribution in [0.2, 0.25) is 0 Å². The number of anilines is 1. The lowest BCUT2D eigenvalue weighted by Gasteiger charge is -2.33. The Morgan fingerprint density at radius 2 is 2.06 bits per heavy atom. The van der Waals surface area contributed by atoms with E-state index in [-0.39, 0.29) is 22.3 Å². The average Bonchev–Trinajstić information content (AvgIpc) is 2.77. The number of carbonyl (C=O) groups excluding carboxylic acids is 1. The number of nitrogens with one attached hydrogen (secondary N) is 1. The van der Waals surface area contributed by atoms with Crippen molar-refractivity contribution >= 4 is 34.2 Å². The summed E-state index contributed by atoms with van der Waals surface area (Å²) >= 11 is 1.30. The Labute approximate surface area is 186 Å². The minimum Gasteiger partial charge on any atom is -0.326 e. The number of benzene rings is 2. The van der Waals surface area contributed by atoms with Crippen molar-refractivity contribution in [3.05, 3.63) is 65.0 Å². The van der Waals surface area contributed by atoms with Gasteiger partial charge in [0.15, 0.2) is 0 Å². The van der Waals surface area contributed by atoms with Crippen molar-refractivity contribution in [1.82, 2.24) is 5.43 Å². The van der Waals surface area contributed by atoms with Gasteiger partial charge in [-0.3, -0.25) is 9.79 Å². The van der Waals surface area contributed by atoms with E-state index >= 15 is 0 Å². The highest BCUT2D eigenvalue weighted by molar-refractivity contribution is 8.14. The predicted molar refractivity (Wildman–Crippen MR) is 127 cm³/mol. The van der Waals surface area contributed by atoms with Gasteiger partial charge in [0.1, 0.15) is 11.7 Å². The standard InChI is InChI=1S/C24H27FN4OS/c1-4-21-22(27-28-24(30)31-21)18-9-12-20-17(14-18)6-5-13-29(20)23(26-15(2)3)16-7-10-19(25)11-8-16/h7-12,14-15,21H,4-6,13H2,1-3H3,(H,28,30)/b26-23-. The van der Waals surface area contributed by atoms with Gasteiger partial charge in [-0.2, -0.15) is 5.10 Å². The summed E-state index contributed by atoms with van der Waals surface area (Å²) in [5.74, 6) is 0.619. The first-order valence-corrected chi connectivity index (χ1v) is 11.6. The molecule has 1 unspecified atom stereocenters. The molecule has 7 heteroatoms. The molecule has 1 amide bonds. The maximum Gasteiger partial charge on any atom is 0.299 e. The normalized spacial score (nSPS) is 19.2. The fraction of sp³-hybridized carbons (Fsp3) is 0.375. The van der Waals surface area contributed by atoms with E-state index in [0.29, 0.717) is 0 Å². The molecule has 0 spiro atoms. The molecule has 0 fully saturated rings. The van der Waals surface area contributed by atoms with Crippen LogP contribution in [0.5, 0.6) is 0 Å². The SMILES string of the molecule is CCC1SC(=O)NN=C1c1ccc2c(c1)CCCN2/C(=N\C(C)C)c1ccc(F)cc1. The Morgan fingerprint density at radius 1 is 1.29 bits per heavy atom. The van der Waals surface area contributed by atoms with Gasteiger partial charge in [0.2, 0.25) is 0 Å². The molecule has 0 saturated carbocycles. The first-order valence-electron chi connectivity index (χ1n) is 10.7. The highest BCUT2D eigenvalue weighted by atomic mass is 32.2. The molecule has 2 aromatic carbocycles. The van der Waals surface area contributed by atoms with Crippen LogP contribution in [0, 0.1) is 5.82 Å². The number of aliphatic imine (C=N–C) groups is 1. The maximum absolute atomic E-state index is 13.5. The maximum atomic E-state index is 13.5. The number of amidine groups is 1. The van der Waals surface area contributed by atoms with Crippen LogP contribution in [-0.2, 0) is 6.42 Å². The molecule has 0 saturated heterocycles. The number of hydrogen-bond acceptors (Lipinski definition) is 4. The molecule has 0 radical (unpaired) electrons. The summed E-state index contributed by atoms with van der Waals surface area (Å²) in [6, 6.07) is 13.1. The number of halogens is 1. The fourth-order valence-corrected chi connectivity index (χ4v) is 4.86. The van der Waals surface area contributed by atoms with E-state index in [1.165, 1.54) is 29.5 Å². The van der Waals surface area contributed by atoms with Crippen molar-refractivity contribution in [3.63, 3.8) is 0 Å². The van der Waals surface area contributed by atoms with Crippen molar-refractivity contribution in [1.29, 1.82) is 0 Å².